The lowest BCUT2D eigenvalue weighted by molar-refractivity contribution is 0.188. The molecule has 1 fully saturated rings. The predicted molar refractivity (Wildman–Crippen MR) is 69.6 cm³/mol. The molecule has 2 atom stereocenters. The van der Waals surface area contributed by atoms with Crippen LogP contribution in [-0.2, 0) is 0 Å². The predicted octanol–water partition coefficient (Wildman–Crippen LogP) is 2.86. The maximum Gasteiger partial charge on any atom is 0.0327 e. The van der Waals surface area contributed by atoms with Gasteiger partial charge in [-0.15, -0.1) is 0 Å². The van der Waals surface area contributed by atoms with E-state index in [9.17, 15) is 0 Å². The van der Waals surface area contributed by atoms with Crippen molar-refractivity contribution >= 4 is 45.7 Å². The monoisotopic (exact) mass is 394 g/mol. The second-order valence-electron chi connectivity index (χ2n) is 3.29. The molecule has 0 aromatic rings. The molecule has 0 N–H and O–H groups in total. The number of hydrogen-bond acceptors (Lipinski definition) is 2. The van der Waals surface area contributed by atoms with E-state index in [-0.39, 0.29) is 0 Å². The van der Waals surface area contributed by atoms with Gasteiger partial charge in [-0.3, -0.25) is 0 Å². The molecule has 0 unspecified atom stereocenters. The average molecular weight is 394 g/mol. The standard InChI is InChI=1S/C8H16I2N2/c1-3-7-5-12(10)8(4-2)6-11(7)9/h7-8H,3-6H2,1-2H3/t7-,8+. The number of halogens is 2. The van der Waals surface area contributed by atoms with Crippen LogP contribution in [0.5, 0.6) is 0 Å². The molecule has 0 saturated carbocycles. The fourth-order valence-corrected chi connectivity index (χ4v) is 3.58. The first kappa shape index (κ1) is 11.5. The highest BCUT2D eigenvalue weighted by Gasteiger charge is 2.29. The van der Waals surface area contributed by atoms with Gasteiger partial charge in [-0.05, 0) is 12.8 Å². The van der Waals surface area contributed by atoms with E-state index in [0.717, 1.165) is 12.1 Å². The smallest absolute Gasteiger partial charge is 0.0327 e. The molecule has 12 heavy (non-hydrogen) atoms. The van der Waals surface area contributed by atoms with E-state index in [0.29, 0.717) is 0 Å². The Labute approximate surface area is 103 Å². The third-order valence-electron chi connectivity index (χ3n) is 2.51. The summed E-state index contributed by atoms with van der Waals surface area (Å²) in [5.41, 5.74) is 0. The Morgan fingerprint density at radius 2 is 1.33 bits per heavy atom. The van der Waals surface area contributed by atoms with Crippen molar-refractivity contribution in [3.8, 4) is 0 Å². The molecule has 1 aliphatic heterocycles. The molecule has 1 aliphatic rings. The highest BCUT2D eigenvalue weighted by molar-refractivity contribution is 14.1. The third-order valence-corrected chi connectivity index (χ3v) is 4.87. The minimum Gasteiger partial charge on any atom is -0.242 e. The molecule has 2 nitrogen and oxygen atoms in total. The summed E-state index contributed by atoms with van der Waals surface area (Å²) in [4.78, 5) is 0. The third kappa shape index (κ3) is 2.68. The van der Waals surface area contributed by atoms with Crippen LogP contribution < -0.4 is 0 Å². The van der Waals surface area contributed by atoms with Gasteiger partial charge in [0.15, 0.2) is 0 Å². The lowest BCUT2D eigenvalue weighted by atomic mass is 10.1. The summed E-state index contributed by atoms with van der Waals surface area (Å²) in [7, 11) is 0. The lowest BCUT2D eigenvalue weighted by Crippen LogP contribution is -2.50. The first-order valence-corrected chi connectivity index (χ1v) is 6.46. The molecule has 0 bridgehead atoms. The summed E-state index contributed by atoms with van der Waals surface area (Å²) in [5.74, 6) is 0. The molecular formula is C8H16I2N2. The molecule has 0 amide bonds. The van der Waals surface area contributed by atoms with Crippen molar-refractivity contribution in [1.82, 2.24) is 6.23 Å². The van der Waals surface area contributed by atoms with E-state index in [4.69, 9.17) is 0 Å². The van der Waals surface area contributed by atoms with Gasteiger partial charge in [0.05, 0.1) is 0 Å². The minimum absolute atomic E-state index is 0.755. The topological polar surface area (TPSA) is 6.48 Å². The van der Waals surface area contributed by atoms with Gasteiger partial charge in [0.25, 0.3) is 0 Å². The van der Waals surface area contributed by atoms with Crippen molar-refractivity contribution in [3.63, 3.8) is 0 Å². The molecule has 0 aromatic heterocycles. The molecule has 0 aromatic carbocycles. The fraction of sp³-hybridized carbons (Fsp3) is 1.00. The number of nitrogens with zero attached hydrogens (tertiary/aromatic N) is 2. The zero-order valence-corrected chi connectivity index (χ0v) is 11.9. The quantitative estimate of drug-likeness (QED) is 0.525. The molecule has 0 radical (unpaired) electrons. The second kappa shape index (κ2) is 5.31. The van der Waals surface area contributed by atoms with Crippen LogP contribution in [0.25, 0.3) is 0 Å². The van der Waals surface area contributed by atoms with Crippen molar-refractivity contribution in [2.45, 2.75) is 38.8 Å². The van der Waals surface area contributed by atoms with Gasteiger partial charge in [-0.1, -0.05) is 13.8 Å². The highest BCUT2D eigenvalue weighted by Crippen LogP contribution is 2.24. The molecule has 0 aliphatic carbocycles. The van der Waals surface area contributed by atoms with Gasteiger partial charge in [0.1, 0.15) is 0 Å². The zero-order chi connectivity index (χ0) is 9.14. The van der Waals surface area contributed by atoms with E-state index in [1.54, 1.807) is 0 Å². The normalized spacial score (nSPS) is 34.0. The van der Waals surface area contributed by atoms with E-state index < -0.39 is 0 Å². The molecule has 1 saturated heterocycles. The van der Waals surface area contributed by atoms with E-state index in [1.165, 1.54) is 25.9 Å². The van der Waals surface area contributed by atoms with Crippen LogP contribution >= 0.6 is 45.7 Å². The van der Waals surface area contributed by atoms with Crippen molar-refractivity contribution in [2.75, 3.05) is 13.1 Å². The van der Waals surface area contributed by atoms with Gasteiger partial charge < -0.3 is 0 Å². The number of rotatable bonds is 2. The van der Waals surface area contributed by atoms with Crippen LogP contribution in [0.15, 0.2) is 0 Å². The summed E-state index contributed by atoms with van der Waals surface area (Å²) in [6.07, 6.45) is 2.53. The summed E-state index contributed by atoms with van der Waals surface area (Å²) in [5, 5.41) is 0. The Kier molecular flexibility index (Phi) is 5.07. The van der Waals surface area contributed by atoms with Crippen molar-refractivity contribution < 1.29 is 0 Å². The Bertz CT molecular complexity index is 127. The van der Waals surface area contributed by atoms with Crippen molar-refractivity contribution in [1.29, 1.82) is 0 Å². The first-order valence-electron chi connectivity index (χ1n) is 4.53. The molecule has 72 valence electrons. The summed E-state index contributed by atoms with van der Waals surface area (Å²) in [6, 6.07) is 1.51. The van der Waals surface area contributed by atoms with Crippen LogP contribution in [0.1, 0.15) is 26.7 Å². The SMILES string of the molecule is CC[C@@H]1CN(I)[C@@H](CC)CN1I. The van der Waals surface area contributed by atoms with Gasteiger partial charge >= 0.3 is 0 Å². The van der Waals surface area contributed by atoms with Crippen LogP contribution in [0, 0.1) is 0 Å². The fourth-order valence-electron chi connectivity index (χ4n) is 1.53. The zero-order valence-electron chi connectivity index (χ0n) is 7.63. The second-order valence-corrected chi connectivity index (χ2v) is 5.77. The van der Waals surface area contributed by atoms with Crippen LogP contribution in [0.4, 0.5) is 0 Å². The summed E-state index contributed by atoms with van der Waals surface area (Å²) in [6.45, 7) is 6.98. The molecule has 1 heterocycles. The number of hydrogen-bond donors (Lipinski definition) is 0. The molecule has 4 heteroatoms. The minimum atomic E-state index is 0.755. The van der Waals surface area contributed by atoms with Crippen LogP contribution in [-0.4, -0.2) is 31.4 Å². The van der Waals surface area contributed by atoms with Gasteiger partial charge in [-0.25, -0.2) is 6.23 Å². The maximum absolute atomic E-state index is 2.47. The Morgan fingerprint density at radius 3 is 1.58 bits per heavy atom. The van der Waals surface area contributed by atoms with Crippen LogP contribution in [0.3, 0.4) is 0 Å². The average Bonchev–Trinajstić information content (AvgIpc) is 2.08. The van der Waals surface area contributed by atoms with Gasteiger partial charge in [0.2, 0.25) is 0 Å². The van der Waals surface area contributed by atoms with Gasteiger partial charge in [0, 0.05) is 70.9 Å². The highest BCUT2D eigenvalue weighted by atomic mass is 127. The first-order chi connectivity index (χ1) is 5.69. The maximum atomic E-state index is 2.47. The molecule has 1 rings (SSSR count). The largest absolute Gasteiger partial charge is 0.242 e. The lowest BCUT2D eigenvalue weighted by Gasteiger charge is -2.40. The summed E-state index contributed by atoms with van der Waals surface area (Å²) >= 11 is 4.94. The Morgan fingerprint density at radius 1 is 1.00 bits per heavy atom. The van der Waals surface area contributed by atoms with E-state index in [1.807, 2.05) is 0 Å². The number of piperazine rings is 1. The van der Waals surface area contributed by atoms with E-state index >= 15 is 0 Å². The van der Waals surface area contributed by atoms with Crippen molar-refractivity contribution in [3.05, 3.63) is 0 Å². The summed E-state index contributed by atoms with van der Waals surface area (Å²) < 4.78 is 4.95. The van der Waals surface area contributed by atoms with E-state index in [2.05, 4.69) is 65.8 Å². The molecule has 0 spiro atoms. The Balaban J connectivity index is 2.49. The van der Waals surface area contributed by atoms with Crippen molar-refractivity contribution in [2.24, 2.45) is 0 Å². The van der Waals surface area contributed by atoms with Crippen LogP contribution in [0.2, 0.25) is 0 Å². The van der Waals surface area contributed by atoms with Gasteiger partial charge in [-0.2, -0.15) is 0 Å². The molecular weight excluding hydrogens is 378 g/mol. The Hall–Kier alpha value is 1.38.